The lowest BCUT2D eigenvalue weighted by molar-refractivity contribution is -0.130. The molecule has 0 radical (unpaired) electrons. The molecule has 2 heterocycles. The van der Waals surface area contributed by atoms with Crippen LogP contribution in [0.1, 0.15) is 23.2 Å². The van der Waals surface area contributed by atoms with E-state index in [1.807, 2.05) is 0 Å². The highest BCUT2D eigenvalue weighted by atomic mass is 16.5. The van der Waals surface area contributed by atoms with Crippen molar-refractivity contribution in [1.29, 1.82) is 0 Å². The van der Waals surface area contributed by atoms with Gasteiger partial charge in [0.1, 0.15) is 11.4 Å². The summed E-state index contributed by atoms with van der Waals surface area (Å²) in [6.45, 7) is 1.70. The standard InChI is InChI=1S/C16H25N5O5/c1-19(10-12(23)20-5-3-4-6-20)9-11(22)13-14(17)21(7-8-26-2)16(25)18-15(13)24/h3-10,17H2,1-2H3,(H,18,24,25). The van der Waals surface area contributed by atoms with Gasteiger partial charge in [-0.05, 0) is 19.9 Å². The Morgan fingerprint density at radius 2 is 1.88 bits per heavy atom. The van der Waals surface area contributed by atoms with Crippen molar-refractivity contribution >= 4 is 17.5 Å². The molecule has 1 amide bonds. The number of anilines is 1. The molecule has 0 spiro atoms. The number of aromatic amines is 1. The van der Waals surface area contributed by atoms with Gasteiger partial charge in [-0.1, -0.05) is 0 Å². The van der Waals surface area contributed by atoms with Crippen molar-refractivity contribution in [1.82, 2.24) is 19.4 Å². The molecule has 1 aromatic heterocycles. The fraction of sp³-hybridized carbons (Fsp3) is 0.625. The van der Waals surface area contributed by atoms with Crippen LogP contribution in [0.2, 0.25) is 0 Å². The van der Waals surface area contributed by atoms with Gasteiger partial charge in [-0.2, -0.15) is 0 Å². The van der Waals surface area contributed by atoms with Crippen LogP contribution in [0.5, 0.6) is 0 Å². The lowest BCUT2D eigenvalue weighted by Gasteiger charge is -2.21. The van der Waals surface area contributed by atoms with Crippen LogP contribution in [0.3, 0.4) is 0 Å². The average molecular weight is 367 g/mol. The van der Waals surface area contributed by atoms with Crippen LogP contribution >= 0.6 is 0 Å². The van der Waals surface area contributed by atoms with E-state index in [9.17, 15) is 19.2 Å². The number of methoxy groups -OCH3 is 1. The largest absolute Gasteiger partial charge is 0.384 e. The summed E-state index contributed by atoms with van der Waals surface area (Å²) < 4.78 is 5.99. The number of nitrogens with zero attached hydrogens (tertiary/aromatic N) is 3. The minimum absolute atomic E-state index is 0.0512. The van der Waals surface area contributed by atoms with E-state index in [4.69, 9.17) is 10.5 Å². The number of amides is 1. The Morgan fingerprint density at radius 3 is 2.50 bits per heavy atom. The molecule has 1 aromatic rings. The van der Waals surface area contributed by atoms with Crippen LogP contribution in [0.25, 0.3) is 0 Å². The number of carbonyl (C=O) groups excluding carboxylic acids is 2. The highest BCUT2D eigenvalue weighted by molar-refractivity contribution is 6.01. The van der Waals surface area contributed by atoms with E-state index in [1.165, 1.54) is 12.0 Å². The predicted octanol–water partition coefficient (Wildman–Crippen LogP) is -1.50. The summed E-state index contributed by atoms with van der Waals surface area (Å²) in [5.41, 5.74) is 4.08. The number of H-pyrrole nitrogens is 1. The van der Waals surface area contributed by atoms with Gasteiger partial charge in [-0.15, -0.1) is 0 Å². The van der Waals surface area contributed by atoms with E-state index in [2.05, 4.69) is 4.98 Å². The molecule has 0 saturated carbocycles. The third-order valence-corrected chi connectivity index (χ3v) is 4.31. The van der Waals surface area contributed by atoms with Gasteiger partial charge in [0.15, 0.2) is 5.78 Å². The predicted molar refractivity (Wildman–Crippen MR) is 95.3 cm³/mol. The van der Waals surface area contributed by atoms with Gasteiger partial charge in [0.05, 0.1) is 26.2 Å². The molecule has 2 rings (SSSR count). The molecule has 3 N–H and O–H groups in total. The monoisotopic (exact) mass is 367 g/mol. The third kappa shape index (κ3) is 4.58. The fourth-order valence-electron chi connectivity index (χ4n) is 2.94. The number of carbonyl (C=O) groups is 2. The van der Waals surface area contributed by atoms with E-state index in [-0.39, 0.29) is 43.5 Å². The van der Waals surface area contributed by atoms with Gasteiger partial charge < -0.3 is 15.4 Å². The number of hydrogen-bond donors (Lipinski definition) is 2. The first-order valence-corrected chi connectivity index (χ1v) is 8.46. The molecule has 0 bridgehead atoms. The number of rotatable bonds is 8. The summed E-state index contributed by atoms with van der Waals surface area (Å²) in [6, 6.07) is 0. The van der Waals surface area contributed by atoms with E-state index in [0.717, 1.165) is 30.5 Å². The highest BCUT2D eigenvalue weighted by Gasteiger charge is 2.23. The van der Waals surface area contributed by atoms with E-state index in [0.29, 0.717) is 0 Å². The number of nitrogen functional groups attached to an aromatic ring is 1. The molecule has 10 nitrogen and oxygen atoms in total. The number of nitrogens with two attached hydrogens (primary N) is 1. The van der Waals surface area contributed by atoms with Gasteiger partial charge in [0.25, 0.3) is 5.56 Å². The molecule has 1 aliphatic rings. The van der Waals surface area contributed by atoms with Crippen LogP contribution in [0.15, 0.2) is 9.59 Å². The Kier molecular flexibility index (Phi) is 6.70. The first-order valence-electron chi connectivity index (χ1n) is 8.46. The number of likely N-dealkylation sites (tertiary alicyclic amines) is 1. The molecule has 1 aliphatic heterocycles. The molecule has 1 saturated heterocycles. The lowest BCUT2D eigenvalue weighted by atomic mass is 10.2. The number of hydrogen-bond acceptors (Lipinski definition) is 7. The summed E-state index contributed by atoms with van der Waals surface area (Å²) in [5, 5.41) is 0. The molecule has 0 aromatic carbocycles. The van der Waals surface area contributed by atoms with Crippen LogP contribution in [0, 0.1) is 0 Å². The number of aromatic nitrogens is 2. The Bertz CT molecular complexity index is 778. The SMILES string of the molecule is COCCn1c(N)c(C(=O)CN(C)CC(=O)N2CCCC2)c(=O)[nH]c1=O. The van der Waals surface area contributed by atoms with Crippen molar-refractivity contribution in [3.8, 4) is 0 Å². The second-order valence-corrected chi connectivity index (χ2v) is 6.35. The van der Waals surface area contributed by atoms with Crippen molar-refractivity contribution in [2.75, 3.05) is 52.7 Å². The second kappa shape index (κ2) is 8.77. The van der Waals surface area contributed by atoms with Crippen LogP contribution in [-0.2, 0) is 16.1 Å². The molecule has 0 aliphatic carbocycles. The lowest BCUT2D eigenvalue weighted by Crippen LogP contribution is -2.41. The fourth-order valence-corrected chi connectivity index (χ4v) is 2.94. The van der Waals surface area contributed by atoms with E-state index in [1.54, 1.807) is 11.9 Å². The number of likely N-dealkylation sites (N-methyl/N-ethyl adjacent to an activating group) is 1. The Balaban J connectivity index is 2.11. The molecule has 0 unspecified atom stereocenters. The zero-order chi connectivity index (χ0) is 19.3. The quantitative estimate of drug-likeness (QED) is 0.535. The number of Topliss-reactive ketones (excluding diaryl/α,β-unsaturated/α-hetero) is 1. The molecule has 144 valence electrons. The van der Waals surface area contributed by atoms with Gasteiger partial charge in [-0.3, -0.25) is 28.8 Å². The minimum Gasteiger partial charge on any atom is -0.384 e. The Morgan fingerprint density at radius 1 is 1.23 bits per heavy atom. The van der Waals surface area contributed by atoms with Crippen molar-refractivity contribution < 1.29 is 14.3 Å². The number of nitrogens with one attached hydrogen (secondary N) is 1. The van der Waals surface area contributed by atoms with Gasteiger partial charge >= 0.3 is 5.69 Å². The maximum atomic E-state index is 12.5. The molecule has 0 atom stereocenters. The second-order valence-electron chi connectivity index (χ2n) is 6.35. The highest BCUT2D eigenvalue weighted by Crippen LogP contribution is 2.09. The third-order valence-electron chi connectivity index (χ3n) is 4.31. The molecule has 1 fully saturated rings. The Labute approximate surface area is 150 Å². The zero-order valence-electron chi connectivity index (χ0n) is 15.1. The normalized spacial score (nSPS) is 14.2. The number of ether oxygens (including phenoxy) is 1. The average Bonchev–Trinajstić information content (AvgIpc) is 3.08. The van der Waals surface area contributed by atoms with Crippen molar-refractivity contribution in [3.63, 3.8) is 0 Å². The van der Waals surface area contributed by atoms with Gasteiger partial charge in [0.2, 0.25) is 5.91 Å². The van der Waals surface area contributed by atoms with Gasteiger partial charge in [0, 0.05) is 20.2 Å². The van der Waals surface area contributed by atoms with Crippen molar-refractivity contribution in [2.45, 2.75) is 19.4 Å². The van der Waals surface area contributed by atoms with Crippen LogP contribution in [-0.4, -0.2) is 78.0 Å². The maximum absolute atomic E-state index is 12.5. The van der Waals surface area contributed by atoms with Gasteiger partial charge in [-0.25, -0.2) is 4.79 Å². The molecule has 10 heteroatoms. The number of ketones is 1. The zero-order valence-corrected chi connectivity index (χ0v) is 15.1. The Hall–Kier alpha value is -2.46. The van der Waals surface area contributed by atoms with Crippen molar-refractivity contribution in [3.05, 3.63) is 26.4 Å². The van der Waals surface area contributed by atoms with Crippen LogP contribution < -0.4 is 17.0 Å². The van der Waals surface area contributed by atoms with Crippen LogP contribution in [0.4, 0.5) is 5.82 Å². The topological polar surface area (TPSA) is 131 Å². The minimum atomic E-state index is -0.828. The first-order chi connectivity index (χ1) is 12.3. The molecular formula is C16H25N5O5. The molecular weight excluding hydrogens is 342 g/mol. The first kappa shape index (κ1) is 19.9. The summed E-state index contributed by atoms with van der Waals surface area (Å²) in [7, 11) is 3.09. The smallest absolute Gasteiger partial charge is 0.330 e. The summed E-state index contributed by atoms with van der Waals surface area (Å²) in [4.78, 5) is 54.0. The maximum Gasteiger partial charge on any atom is 0.330 e. The summed E-state index contributed by atoms with van der Waals surface area (Å²) >= 11 is 0. The van der Waals surface area contributed by atoms with E-state index >= 15 is 0 Å². The summed E-state index contributed by atoms with van der Waals surface area (Å²) in [6.07, 6.45) is 1.98. The molecule has 26 heavy (non-hydrogen) atoms. The summed E-state index contributed by atoms with van der Waals surface area (Å²) in [5.74, 6) is -0.795. The van der Waals surface area contributed by atoms with Crippen molar-refractivity contribution in [2.24, 2.45) is 0 Å². The van der Waals surface area contributed by atoms with E-state index < -0.39 is 17.0 Å².